The molecule has 0 spiro atoms. The molecule has 1 aromatic carbocycles. The lowest BCUT2D eigenvalue weighted by atomic mass is 9.87. The third kappa shape index (κ3) is 3.61. The summed E-state index contributed by atoms with van der Waals surface area (Å²) >= 11 is 0. The average Bonchev–Trinajstić information content (AvgIpc) is 3.19. The molecule has 2 aliphatic rings. The number of piperidine rings is 1. The maximum atomic E-state index is 13.1. The van der Waals surface area contributed by atoms with Crippen LogP contribution in [0.5, 0.6) is 0 Å². The van der Waals surface area contributed by atoms with E-state index in [1.807, 2.05) is 17.0 Å². The molecule has 2 aliphatic heterocycles. The van der Waals surface area contributed by atoms with Gasteiger partial charge in [0.25, 0.3) is 5.91 Å². The zero-order valence-corrected chi connectivity index (χ0v) is 14.6. The van der Waals surface area contributed by atoms with Crippen molar-refractivity contribution in [3.63, 3.8) is 0 Å². The summed E-state index contributed by atoms with van der Waals surface area (Å²) in [6.45, 7) is 1.57. The molecule has 5 nitrogen and oxygen atoms in total. The normalized spacial score (nSPS) is 26.0. The zero-order chi connectivity index (χ0) is 17.9. The monoisotopic (exact) mass is 354 g/mol. The van der Waals surface area contributed by atoms with Gasteiger partial charge in [-0.25, -0.2) is 4.39 Å². The van der Waals surface area contributed by atoms with Crippen molar-refractivity contribution in [2.45, 2.75) is 31.3 Å². The van der Waals surface area contributed by atoms with Gasteiger partial charge in [-0.05, 0) is 55.0 Å². The summed E-state index contributed by atoms with van der Waals surface area (Å²) in [6, 6.07) is 10.7. The van der Waals surface area contributed by atoms with Gasteiger partial charge in [0.2, 0.25) is 0 Å². The smallest absolute Gasteiger partial charge is 0.253 e. The Morgan fingerprint density at radius 3 is 2.65 bits per heavy atom. The first-order valence-electron chi connectivity index (χ1n) is 9.16. The molecule has 136 valence electrons. The van der Waals surface area contributed by atoms with Crippen LogP contribution >= 0.6 is 0 Å². The molecule has 0 aliphatic carbocycles. The highest BCUT2D eigenvalue weighted by Crippen LogP contribution is 2.30. The molecule has 6 heteroatoms. The number of nitrogens with zero attached hydrogens (tertiary/aromatic N) is 2. The number of rotatable bonds is 3. The fourth-order valence-electron chi connectivity index (χ4n) is 4.00. The molecule has 2 fully saturated rings. The Labute approximate surface area is 152 Å². The van der Waals surface area contributed by atoms with E-state index in [0.29, 0.717) is 17.5 Å². The maximum absolute atomic E-state index is 13.1. The highest BCUT2D eigenvalue weighted by Gasteiger charge is 2.35. The molecule has 0 bridgehead atoms. The van der Waals surface area contributed by atoms with Crippen LogP contribution in [0.4, 0.5) is 4.39 Å². The van der Waals surface area contributed by atoms with Crippen LogP contribution in [0, 0.1) is 11.7 Å². The average molecular weight is 354 g/mol. The number of hydrogen-bond donors (Lipinski definition) is 2. The molecule has 0 radical (unpaired) electrons. The van der Waals surface area contributed by atoms with Gasteiger partial charge in [0.15, 0.2) is 0 Å². The van der Waals surface area contributed by atoms with Gasteiger partial charge in [-0.1, -0.05) is 12.1 Å². The highest BCUT2D eigenvalue weighted by atomic mass is 19.1. The predicted octanol–water partition coefficient (Wildman–Crippen LogP) is 2.68. The van der Waals surface area contributed by atoms with E-state index in [9.17, 15) is 9.18 Å². The SMILES string of the molecule is O=C(c1ccncc1)N1CCCC(C2CC(c3ccc(F)cc3)NN2)C1. The number of aromatic nitrogens is 1. The summed E-state index contributed by atoms with van der Waals surface area (Å²) in [5.74, 6) is 0.277. The summed E-state index contributed by atoms with van der Waals surface area (Å²) in [5, 5.41) is 0. The predicted molar refractivity (Wildman–Crippen MR) is 96.7 cm³/mol. The first-order valence-corrected chi connectivity index (χ1v) is 9.16. The highest BCUT2D eigenvalue weighted by molar-refractivity contribution is 5.94. The number of carbonyl (C=O) groups is 1. The second kappa shape index (κ2) is 7.51. The minimum atomic E-state index is -0.214. The van der Waals surface area contributed by atoms with E-state index in [4.69, 9.17) is 0 Å². The summed E-state index contributed by atoms with van der Waals surface area (Å²) < 4.78 is 13.1. The van der Waals surface area contributed by atoms with Crippen molar-refractivity contribution in [1.82, 2.24) is 20.7 Å². The van der Waals surface area contributed by atoms with Gasteiger partial charge in [-0.15, -0.1) is 0 Å². The van der Waals surface area contributed by atoms with E-state index < -0.39 is 0 Å². The maximum Gasteiger partial charge on any atom is 0.253 e. The number of pyridine rings is 1. The lowest BCUT2D eigenvalue weighted by Gasteiger charge is -2.35. The van der Waals surface area contributed by atoms with Crippen molar-refractivity contribution >= 4 is 5.91 Å². The van der Waals surface area contributed by atoms with Gasteiger partial charge in [0.05, 0.1) is 0 Å². The summed E-state index contributed by atoms with van der Waals surface area (Å²) in [7, 11) is 0. The molecular weight excluding hydrogens is 331 g/mol. The largest absolute Gasteiger partial charge is 0.338 e. The molecule has 2 aromatic rings. The second-order valence-electron chi connectivity index (χ2n) is 7.12. The van der Waals surface area contributed by atoms with E-state index in [1.165, 1.54) is 12.1 Å². The third-order valence-corrected chi connectivity index (χ3v) is 5.45. The molecule has 3 atom stereocenters. The van der Waals surface area contributed by atoms with Crippen LogP contribution in [0.2, 0.25) is 0 Å². The van der Waals surface area contributed by atoms with Crippen molar-refractivity contribution in [3.8, 4) is 0 Å². The Kier molecular flexibility index (Phi) is 4.95. The Bertz CT molecular complexity index is 752. The third-order valence-electron chi connectivity index (χ3n) is 5.45. The molecule has 26 heavy (non-hydrogen) atoms. The van der Waals surface area contributed by atoms with Gasteiger partial charge in [-0.3, -0.25) is 20.6 Å². The fourth-order valence-corrected chi connectivity index (χ4v) is 4.00. The van der Waals surface area contributed by atoms with Crippen molar-refractivity contribution in [3.05, 3.63) is 65.7 Å². The number of halogens is 1. The van der Waals surface area contributed by atoms with Crippen LogP contribution in [-0.2, 0) is 0 Å². The van der Waals surface area contributed by atoms with Gasteiger partial charge >= 0.3 is 0 Å². The van der Waals surface area contributed by atoms with Crippen molar-refractivity contribution in [2.75, 3.05) is 13.1 Å². The number of nitrogens with one attached hydrogen (secondary N) is 2. The van der Waals surface area contributed by atoms with Gasteiger partial charge in [0.1, 0.15) is 5.82 Å². The quantitative estimate of drug-likeness (QED) is 0.890. The number of benzene rings is 1. The first-order chi connectivity index (χ1) is 12.7. The minimum Gasteiger partial charge on any atom is -0.338 e. The summed E-state index contributed by atoms with van der Waals surface area (Å²) in [6.07, 6.45) is 6.37. The Hall–Kier alpha value is -2.31. The molecule has 1 amide bonds. The number of hydrazine groups is 1. The lowest BCUT2D eigenvalue weighted by Crippen LogP contribution is -2.47. The zero-order valence-electron chi connectivity index (χ0n) is 14.6. The molecule has 2 N–H and O–H groups in total. The summed E-state index contributed by atoms with van der Waals surface area (Å²) in [5.41, 5.74) is 8.51. The van der Waals surface area contributed by atoms with Crippen LogP contribution in [-0.4, -0.2) is 34.9 Å². The van der Waals surface area contributed by atoms with Crippen LogP contribution in [0.25, 0.3) is 0 Å². The van der Waals surface area contributed by atoms with E-state index >= 15 is 0 Å². The molecule has 3 heterocycles. The Morgan fingerprint density at radius 2 is 1.88 bits per heavy atom. The molecule has 4 rings (SSSR count). The second-order valence-corrected chi connectivity index (χ2v) is 7.12. The van der Waals surface area contributed by atoms with E-state index in [1.54, 1.807) is 24.5 Å². The molecule has 0 saturated carbocycles. The van der Waals surface area contributed by atoms with Crippen LogP contribution in [0.15, 0.2) is 48.8 Å². The molecule has 2 saturated heterocycles. The van der Waals surface area contributed by atoms with E-state index in [2.05, 4.69) is 15.8 Å². The van der Waals surface area contributed by atoms with Crippen LogP contribution in [0.3, 0.4) is 0 Å². The van der Waals surface area contributed by atoms with Gasteiger partial charge in [-0.2, -0.15) is 0 Å². The number of amides is 1. The van der Waals surface area contributed by atoms with Crippen molar-refractivity contribution in [1.29, 1.82) is 0 Å². The Balaban J connectivity index is 1.39. The van der Waals surface area contributed by atoms with Crippen LogP contribution in [0.1, 0.15) is 41.2 Å². The fraction of sp³-hybridized carbons (Fsp3) is 0.400. The number of carbonyl (C=O) groups excluding carboxylic acids is 1. The van der Waals surface area contributed by atoms with Crippen molar-refractivity contribution in [2.24, 2.45) is 5.92 Å². The molecule has 1 aromatic heterocycles. The van der Waals surface area contributed by atoms with Crippen molar-refractivity contribution < 1.29 is 9.18 Å². The topological polar surface area (TPSA) is 57.3 Å². The minimum absolute atomic E-state index is 0.0816. The number of hydrogen-bond acceptors (Lipinski definition) is 4. The standard InChI is InChI=1S/C20H23FN4O/c21-17-5-3-14(4-6-17)18-12-19(24-23-18)16-2-1-11-25(13-16)20(26)15-7-9-22-10-8-15/h3-10,16,18-19,23-24H,1-2,11-13H2. The van der Waals surface area contributed by atoms with Gasteiger partial charge in [0, 0.05) is 43.1 Å². The number of likely N-dealkylation sites (tertiary alicyclic amines) is 1. The Morgan fingerprint density at radius 1 is 1.12 bits per heavy atom. The molecular formula is C20H23FN4O. The van der Waals surface area contributed by atoms with E-state index in [-0.39, 0.29) is 17.8 Å². The first kappa shape index (κ1) is 17.1. The van der Waals surface area contributed by atoms with Gasteiger partial charge < -0.3 is 4.90 Å². The lowest BCUT2D eigenvalue weighted by molar-refractivity contribution is 0.0649. The molecule has 3 unspecified atom stereocenters. The summed E-state index contributed by atoms with van der Waals surface area (Å²) in [4.78, 5) is 18.6. The van der Waals surface area contributed by atoms with E-state index in [0.717, 1.165) is 37.9 Å². The van der Waals surface area contributed by atoms with Crippen LogP contribution < -0.4 is 10.9 Å².